The van der Waals surface area contributed by atoms with Crippen LogP contribution in [0.25, 0.3) is 0 Å². The number of nitrogens with one attached hydrogen (secondary N) is 1. The number of imide groups is 1. The lowest BCUT2D eigenvalue weighted by Gasteiger charge is -2.26. The summed E-state index contributed by atoms with van der Waals surface area (Å²) in [5.41, 5.74) is 2.69. The van der Waals surface area contributed by atoms with E-state index in [1.807, 2.05) is 45.1 Å². The van der Waals surface area contributed by atoms with Gasteiger partial charge in [0.25, 0.3) is 5.91 Å². The molecule has 1 aromatic rings. The van der Waals surface area contributed by atoms with Gasteiger partial charge in [0.05, 0.1) is 11.7 Å². The first-order valence-electron chi connectivity index (χ1n) is 9.47. The van der Waals surface area contributed by atoms with E-state index in [0.717, 1.165) is 35.2 Å². The largest absolute Gasteiger partial charge is 0.326 e. The van der Waals surface area contributed by atoms with E-state index >= 15 is 0 Å². The Kier molecular flexibility index (Phi) is 3.74. The maximum absolute atomic E-state index is 13.2. The fourth-order valence-electron chi connectivity index (χ4n) is 5.19. The Bertz CT molecular complexity index is 834. The summed E-state index contributed by atoms with van der Waals surface area (Å²) in [6, 6.07) is 3.92. The number of hydrogen-bond acceptors (Lipinski definition) is 3. The molecule has 0 aromatic heterocycles. The molecule has 4 rings (SSSR count). The average molecular weight is 356 g/mol. The van der Waals surface area contributed by atoms with Gasteiger partial charge in [-0.15, -0.1) is 0 Å². The Balaban J connectivity index is 1.86. The van der Waals surface area contributed by atoms with Crippen LogP contribution < -0.4 is 10.6 Å². The summed E-state index contributed by atoms with van der Waals surface area (Å²) >= 11 is 0. The second-order valence-corrected chi connectivity index (χ2v) is 8.04. The van der Waals surface area contributed by atoms with E-state index < -0.39 is 17.4 Å². The molecule has 3 heterocycles. The quantitative estimate of drug-likeness (QED) is 0.787. The number of nitrogens with two attached hydrogens (primary N) is 1. The second-order valence-electron chi connectivity index (χ2n) is 8.04. The van der Waals surface area contributed by atoms with Crippen molar-refractivity contribution in [1.29, 1.82) is 0 Å². The monoisotopic (exact) mass is 356 g/mol. The van der Waals surface area contributed by atoms with Gasteiger partial charge in [-0.1, -0.05) is 25.0 Å². The molecule has 1 aromatic carbocycles. The van der Waals surface area contributed by atoms with Crippen molar-refractivity contribution in [3.05, 3.63) is 28.8 Å². The van der Waals surface area contributed by atoms with Gasteiger partial charge < -0.3 is 10.6 Å². The first-order valence-corrected chi connectivity index (χ1v) is 9.47. The van der Waals surface area contributed by atoms with E-state index in [0.29, 0.717) is 6.54 Å². The number of anilines is 1. The van der Waals surface area contributed by atoms with Gasteiger partial charge in [-0.3, -0.25) is 19.3 Å². The molecule has 6 heteroatoms. The highest BCUT2D eigenvalue weighted by Gasteiger charge is 2.73. The molecule has 138 valence electrons. The molecule has 0 radical (unpaired) electrons. The molecule has 26 heavy (non-hydrogen) atoms. The third-order valence-electron chi connectivity index (χ3n) is 6.30. The van der Waals surface area contributed by atoms with E-state index in [2.05, 4.69) is 5.32 Å². The van der Waals surface area contributed by atoms with E-state index in [1.165, 1.54) is 4.90 Å². The number of rotatable bonds is 3. The lowest BCUT2D eigenvalue weighted by atomic mass is 9.76. The summed E-state index contributed by atoms with van der Waals surface area (Å²) in [5, 5.41) is 4.95. The van der Waals surface area contributed by atoms with Gasteiger partial charge in [-0.05, 0) is 38.8 Å². The maximum Gasteiger partial charge on any atom is 0.291 e. The van der Waals surface area contributed by atoms with Gasteiger partial charge in [0, 0.05) is 12.1 Å². The van der Waals surface area contributed by atoms with Crippen molar-refractivity contribution in [3.8, 4) is 0 Å². The second kappa shape index (κ2) is 5.64. The van der Waals surface area contributed by atoms with Crippen molar-refractivity contribution >= 4 is 23.4 Å². The minimum absolute atomic E-state index is 0.111. The normalized spacial score (nSPS) is 32.4. The van der Waals surface area contributed by atoms with Crippen molar-refractivity contribution in [3.63, 3.8) is 0 Å². The molecule has 2 saturated heterocycles. The Labute approximate surface area is 153 Å². The van der Waals surface area contributed by atoms with Crippen LogP contribution in [0.5, 0.6) is 0 Å². The Morgan fingerprint density at radius 3 is 2.62 bits per heavy atom. The molecule has 3 N–H and O–H groups in total. The molecular weight excluding hydrogens is 330 g/mol. The molecule has 4 atom stereocenters. The van der Waals surface area contributed by atoms with Crippen LogP contribution in [0.2, 0.25) is 0 Å². The van der Waals surface area contributed by atoms with Gasteiger partial charge in [-0.25, -0.2) is 0 Å². The number of carbonyl (C=O) groups excluding carboxylic acids is 3. The Hall–Kier alpha value is -2.21. The number of quaternary nitrogens is 1. The highest BCUT2D eigenvalue weighted by Crippen LogP contribution is 2.49. The molecule has 0 unspecified atom stereocenters. The van der Waals surface area contributed by atoms with Crippen LogP contribution >= 0.6 is 0 Å². The molecule has 6 nitrogen and oxygen atoms in total. The predicted molar refractivity (Wildman–Crippen MR) is 96.2 cm³/mol. The zero-order valence-electron chi connectivity index (χ0n) is 15.8. The number of fused-ring (bicyclic) bond motifs is 4. The minimum atomic E-state index is -1.02. The Morgan fingerprint density at radius 2 is 1.92 bits per heavy atom. The minimum Gasteiger partial charge on any atom is -0.326 e. The SMILES string of the molecule is CCCCN1C(=O)[C@H]2[C@@H](C1=O)[C@]1([NH2+][C@@H]2C)C(=O)Nc2c(C)cc(C)cc21. The first kappa shape index (κ1) is 17.2. The van der Waals surface area contributed by atoms with Crippen molar-refractivity contribution in [2.24, 2.45) is 11.8 Å². The number of aryl methyl sites for hydroxylation is 2. The summed E-state index contributed by atoms with van der Waals surface area (Å²) in [4.78, 5) is 40.8. The van der Waals surface area contributed by atoms with Gasteiger partial charge in [-0.2, -0.15) is 0 Å². The van der Waals surface area contributed by atoms with Crippen molar-refractivity contribution in [1.82, 2.24) is 4.90 Å². The van der Waals surface area contributed by atoms with Gasteiger partial charge >= 0.3 is 0 Å². The predicted octanol–water partition coefficient (Wildman–Crippen LogP) is 0.818. The summed E-state index contributed by atoms with van der Waals surface area (Å²) in [6.45, 7) is 8.40. The topological polar surface area (TPSA) is 83.1 Å². The fraction of sp³-hybridized carbons (Fsp3) is 0.550. The number of nitrogens with zero attached hydrogens (tertiary/aromatic N) is 1. The summed E-state index contributed by atoms with van der Waals surface area (Å²) in [6.07, 6.45) is 1.71. The zero-order chi connectivity index (χ0) is 18.8. The summed E-state index contributed by atoms with van der Waals surface area (Å²) < 4.78 is 0. The van der Waals surface area contributed by atoms with Gasteiger partial charge in [0.15, 0.2) is 0 Å². The lowest BCUT2D eigenvalue weighted by molar-refractivity contribution is -0.730. The Morgan fingerprint density at radius 1 is 1.19 bits per heavy atom. The van der Waals surface area contributed by atoms with Crippen LogP contribution in [0.15, 0.2) is 12.1 Å². The molecule has 3 aliphatic heterocycles. The third-order valence-corrected chi connectivity index (χ3v) is 6.30. The van der Waals surface area contributed by atoms with Crippen LogP contribution in [-0.2, 0) is 19.9 Å². The number of unbranched alkanes of at least 4 members (excludes halogenated alkanes) is 1. The lowest BCUT2D eigenvalue weighted by Crippen LogP contribution is -2.98. The highest BCUT2D eigenvalue weighted by molar-refractivity contribution is 6.14. The van der Waals surface area contributed by atoms with Crippen molar-refractivity contribution in [2.75, 3.05) is 11.9 Å². The molecule has 0 bridgehead atoms. The molecular formula is C20H26N3O3+. The number of hydrogen-bond donors (Lipinski definition) is 2. The molecule has 1 spiro atoms. The number of benzene rings is 1. The molecule has 3 aliphatic rings. The van der Waals surface area contributed by atoms with E-state index in [-0.39, 0.29) is 23.8 Å². The summed E-state index contributed by atoms with van der Waals surface area (Å²) in [7, 11) is 0. The van der Waals surface area contributed by atoms with E-state index in [4.69, 9.17) is 0 Å². The average Bonchev–Trinajstić information content (AvgIpc) is 3.13. The van der Waals surface area contributed by atoms with Crippen LogP contribution in [0, 0.1) is 25.7 Å². The number of amides is 3. The fourth-order valence-corrected chi connectivity index (χ4v) is 5.19. The highest BCUT2D eigenvalue weighted by atomic mass is 16.2. The number of likely N-dealkylation sites (tertiary alicyclic amines) is 1. The van der Waals surface area contributed by atoms with Gasteiger partial charge in [0.1, 0.15) is 11.8 Å². The molecule has 2 fully saturated rings. The smallest absolute Gasteiger partial charge is 0.291 e. The standard InChI is InChI=1S/C20H25N3O3/c1-5-6-7-23-17(24)14-12(4)22-20(15(14)18(23)25)13-9-10(2)8-11(3)16(13)21-19(20)26/h8-9,12,14-15,22H,5-7H2,1-4H3,(H,21,26)/p+1/t12-,14-,15+,20+/m1/s1. The van der Waals surface area contributed by atoms with Crippen LogP contribution in [0.1, 0.15) is 43.4 Å². The van der Waals surface area contributed by atoms with Crippen molar-refractivity contribution < 1.29 is 19.7 Å². The number of carbonyl (C=O) groups is 3. The van der Waals surface area contributed by atoms with E-state index in [1.54, 1.807) is 0 Å². The van der Waals surface area contributed by atoms with Crippen LogP contribution in [-0.4, -0.2) is 35.2 Å². The third kappa shape index (κ3) is 1.99. The molecule has 3 amide bonds. The molecule has 0 aliphatic carbocycles. The van der Waals surface area contributed by atoms with Gasteiger partial charge in [0.2, 0.25) is 17.4 Å². The maximum atomic E-state index is 13.2. The van der Waals surface area contributed by atoms with E-state index in [9.17, 15) is 14.4 Å². The zero-order valence-corrected chi connectivity index (χ0v) is 15.8. The van der Waals surface area contributed by atoms with Crippen molar-refractivity contribution in [2.45, 2.75) is 52.1 Å². The van der Waals surface area contributed by atoms with Crippen LogP contribution in [0.4, 0.5) is 5.69 Å². The molecule has 0 saturated carbocycles. The summed E-state index contributed by atoms with van der Waals surface area (Å²) in [5.74, 6) is -1.52. The van der Waals surface area contributed by atoms with Crippen LogP contribution in [0.3, 0.4) is 0 Å². The first-order chi connectivity index (χ1) is 12.3.